The van der Waals surface area contributed by atoms with Crippen molar-refractivity contribution < 1.29 is 21.7 Å². The van der Waals surface area contributed by atoms with Gasteiger partial charge in [0.2, 0.25) is 0 Å². The Morgan fingerprint density at radius 3 is 2.00 bits per heavy atom. The lowest BCUT2D eigenvalue weighted by atomic mass is 10.4. The molecule has 0 aliphatic heterocycles. The van der Waals surface area contributed by atoms with Crippen molar-refractivity contribution in [3.05, 3.63) is 24.3 Å². The second kappa shape index (κ2) is 4.91. The molecule has 0 aromatic heterocycles. The maximum absolute atomic E-state index is 11.9. The number of rotatable bonds is 4. The number of benzene rings is 1. The molecular weight excluding hydrogens is 290 g/mol. The summed E-state index contributed by atoms with van der Waals surface area (Å²) < 4.78 is 46.9. The highest BCUT2D eigenvalue weighted by Crippen LogP contribution is 2.25. The van der Waals surface area contributed by atoms with E-state index in [1.54, 1.807) is 0 Å². The van der Waals surface area contributed by atoms with Gasteiger partial charge in [-0.3, -0.25) is 4.84 Å². The predicted octanol–water partition coefficient (Wildman–Crippen LogP) is 0.796. The molecule has 0 aliphatic rings. The van der Waals surface area contributed by atoms with Gasteiger partial charge in [0.1, 0.15) is 9.79 Å². The molecule has 1 aromatic carbocycles. The van der Waals surface area contributed by atoms with Gasteiger partial charge in [-0.1, -0.05) is 16.6 Å². The highest BCUT2D eigenvalue weighted by Gasteiger charge is 2.28. The second-order valence-corrected chi connectivity index (χ2v) is 7.42. The summed E-state index contributed by atoms with van der Waals surface area (Å²) in [5.74, 6) is 0. The van der Waals surface area contributed by atoms with E-state index < -0.39 is 28.9 Å². The van der Waals surface area contributed by atoms with Gasteiger partial charge in [0.05, 0.1) is 7.11 Å². The van der Waals surface area contributed by atoms with Crippen LogP contribution in [0.2, 0.25) is 0 Å². The highest BCUT2D eigenvalue weighted by molar-refractivity contribution is 8.14. The van der Waals surface area contributed by atoms with Gasteiger partial charge in [0.25, 0.3) is 19.1 Å². The topological polar surface area (TPSA) is 80.8 Å². The molecule has 0 spiro atoms. The first kappa shape index (κ1) is 14.4. The van der Waals surface area contributed by atoms with Crippen molar-refractivity contribution in [2.45, 2.75) is 9.79 Å². The molecule has 0 saturated carbocycles. The minimum atomic E-state index is -4.15. The number of nitrogens with zero attached hydrogens (tertiary/aromatic N) is 1. The molecule has 0 heterocycles. The van der Waals surface area contributed by atoms with Gasteiger partial charge in [-0.25, -0.2) is 16.8 Å². The molecule has 0 radical (unpaired) electrons. The maximum atomic E-state index is 11.9. The minimum Gasteiger partial charge on any atom is -0.288 e. The third kappa shape index (κ3) is 2.96. The first-order chi connectivity index (χ1) is 7.71. The molecule has 0 amide bonds. The molecule has 0 fully saturated rings. The molecular formula is C8H10ClNO5S2. The van der Waals surface area contributed by atoms with Crippen LogP contribution < -0.4 is 0 Å². The number of sulfonamides is 1. The van der Waals surface area contributed by atoms with Gasteiger partial charge in [-0.15, -0.1) is 0 Å². The van der Waals surface area contributed by atoms with Gasteiger partial charge in [0.15, 0.2) is 0 Å². The van der Waals surface area contributed by atoms with Gasteiger partial charge < -0.3 is 0 Å². The molecule has 1 aromatic rings. The normalized spacial score (nSPS) is 12.9. The van der Waals surface area contributed by atoms with Crippen molar-refractivity contribution in [2.24, 2.45) is 0 Å². The maximum Gasteiger partial charge on any atom is 0.266 e. The first-order valence-corrected chi connectivity index (χ1v) is 8.03. The Balaban J connectivity index is 3.54. The summed E-state index contributed by atoms with van der Waals surface area (Å²) in [7, 11) is -0.743. The third-order valence-electron chi connectivity index (χ3n) is 1.99. The zero-order chi connectivity index (χ0) is 13.3. The summed E-state index contributed by atoms with van der Waals surface area (Å²) in [6.07, 6.45) is 0. The number of hydrogen-bond acceptors (Lipinski definition) is 5. The lowest BCUT2D eigenvalue weighted by Gasteiger charge is -2.15. The quantitative estimate of drug-likeness (QED) is 0.607. The van der Waals surface area contributed by atoms with E-state index in [2.05, 4.69) is 4.84 Å². The van der Waals surface area contributed by atoms with Crippen LogP contribution in [0.1, 0.15) is 0 Å². The van der Waals surface area contributed by atoms with Crippen LogP contribution >= 0.6 is 10.7 Å². The summed E-state index contributed by atoms with van der Waals surface area (Å²) in [6, 6.07) is 5.02. The summed E-state index contributed by atoms with van der Waals surface area (Å²) in [5, 5.41) is 0. The van der Waals surface area contributed by atoms with E-state index in [4.69, 9.17) is 10.7 Å². The van der Waals surface area contributed by atoms with E-state index in [9.17, 15) is 16.8 Å². The fourth-order valence-electron chi connectivity index (χ4n) is 1.10. The number of hydroxylamine groups is 1. The van der Waals surface area contributed by atoms with E-state index in [-0.39, 0.29) is 0 Å². The third-order valence-corrected chi connectivity index (χ3v) is 5.23. The van der Waals surface area contributed by atoms with Crippen molar-refractivity contribution in [3.8, 4) is 0 Å². The zero-order valence-electron chi connectivity index (χ0n) is 8.99. The van der Waals surface area contributed by atoms with E-state index in [0.717, 1.165) is 26.3 Å². The summed E-state index contributed by atoms with van der Waals surface area (Å²) in [5.41, 5.74) is 0. The Kier molecular flexibility index (Phi) is 4.15. The van der Waals surface area contributed by atoms with Gasteiger partial charge in [-0.05, 0) is 12.1 Å². The van der Waals surface area contributed by atoms with Crippen molar-refractivity contribution in [1.29, 1.82) is 0 Å². The predicted molar refractivity (Wildman–Crippen MR) is 61.4 cm³/mol. The Morgan fingerprint density at radius 2 is 1.59 bits per heavy atom. The second-order valence-electron chi connectivity index (χ2n) is 2.98. The summed E-state index contributed by atoms with van der Waals surface area (Å²) in [4.78, 5) is 3.63. The Bertz CT molecular complexity index is 611. The van der Waals surface area contributed by atoms with E-state index >= 15 is 0 Å². The number of hydrogen-bond donors (Lipinski definition) is 0. The molecule has 0 N–H and O–H groups in total. The van der Waals surface area contributed by atoms with Crippen molar-refractivity contribution in [1.82, 2.24) is 4.47 Å². The largest absolute Gasteiger partial charge is 0.288 e. The monoisotopic (exact) mass is 299 g/mol. The summed E-state index contributed by atoms with van der Waals surface area (Å²) in [6.45, 7) is 0. The van der Waals surface area contributed by atoms with Crippen LogP contribution in [0.5, 0.6) is 0 Å². The molecule has 6 nitrogen and oxygen atoms in total. The molecule has 17 heavy (non-hydrogen) atoms. The minimum absolute atomic E-state index is 0.431. The molecule has 9 heteroatoms. The molecule has 0 atom stereocenters. The lowest BCUT2D eigenvalue weighted by Crippen LogP contribution is -2.26. The van der Waals surface area contributed by atoms with Crippen LogP contribution in [0.25, 0.3) is 0 Å². The standard InChI is InChI=1S/C8H10ClNO5S2/c1-10(15-2)17(13,14)8-6-4-3-5-7(8)16(9,11)12/h3-6H,1-2H3. The van der Waals surface area contributed by atoms with Gasteiger partial charge in [0, 0.05) is 17.7 Å². The molecule has 96 valence electrons. The lowest BCUT2D eigenvalue weighted by molar-refractivity contribution is -0.0260. The van der Waals surface area contributed by atoms with Crippen LogP contribution in [0.4, 0.5) is 0 Å². The van der Waals surface area contributed by atoms with Crippen LogP contribution in [-0.2, 0) is 23.9 Å². The average molecular weight is 300 g/mol. The Morgan fingerprint density at radius 1 is 1.12 bits per heavy atom. The Labute approximate surface area is 104 Å². The zero-order valence-corrected chi connectivity index (χ0v) is 11.4. The van der Waals surface area contributed by atoms with E-state index in [1.807, 2.05) is 0 Å². The smallest absolute Gasteiger partial charge is 0.266 e. The van der Waals surface area contributed by atoms with E-state index in [0.29, 0.717) is 4.47 Å². The summed E-state index contributed by atoms with van der Waals surface area (Å²) >= 11 is 0. The van der Waals surface area contributed by atoms with Crippen LogP contribution in [0.3, 0.4) is 0 Å². The average Bonchev–Trinajstić information content (AvgIpc) is 2.26. The fourth-order valence-corrected chi connectivity index (χ4v) is 3.88. The highest BCUT2D eigenvalue weighted by atomic mass is 35.7. The number of halogens is 1. The molecule has 0 bridgehead atoms. The van der Waals surface area contributed by atoms with Crippen LogP contribution in [0, 0.1) is 0 Å². The fraction of sp³-hybridized carbons (Fsp3) is 0.250. The molecule has 0 unspecified atom stereocenters. The van der Waals surface area contributed by atoms with Gasteiger partial charge in [-0.2, -0.15) is 0 Å². The molecule has 0 aliphatic carbocycles. The van der Waals surface area contributed by atoms with Crippen LogP contribution in [-0.4, -0.2) is 35.5 Å². The van der Waals surface area contributed by atoms with Gasteiger partial charge >= 0.3 is 0 Å². The van der Waals surface area contributed by atoms with Crippen molar-refractivity contribution in [3.63, 3.8) is 0 Å². The van der Waals surface area contributed by atoms with Crippen LogP contribution in [0.15, 0.2) is 34.1 Å². The van der Waals surface area contributed by atoms with E-state index in [1.165, 1.54) is 12.1 Å². The first-order valence-electron chi connectivity index (χ1n) is 4.28. The molecule has 0 saturated heterocycles. The van der Waals surface area contributed by atoms with Crippen molar-refractivity contribution in [2.75, 3.05) is 14.2 Å². The van der Waals surface area contributed by atoms with Crippen molar-refractivity contribution >= 4 is 29.8 Å². The SMILES string of the molecule is CON(C)S(=O)(=O)c1ccccc1S(=O)(=O)Cl. The molecule has 1 rings (SSSR count). The Hall–Kier alpha value is -0.670.